The highest BCUT2D eigenvalue weighted by Crippen LogP contribution is 1.90. The summed E-state index contributed by atoms with van der Waals surface area (Å²) in [4.78, 5) is 0. The van der Waals surface area contributed by atoms with Gasteiger partial charge in [-0.15, -0.1) is 12.8 Å². The largest absolute Gasteiger partial charge is 0.329 e. The second-order valence-corrected chi connectivity index (χ2v) is 1.48. The first-order chi connectivity index (χ1) is 5.35. The van der Waals surface area contributed by atoms with Crippen molar-refractivity contribution in [1.82, 2.24) is 0 Å². The van der Waals surface area contributed by atoms with Crippen molar-refractivity contribution in [2.24, 2.45) is 0 Å². The summed E-state index contributed by atoms with van der Waals surface area (Å²) in [5.74, 6) is 4.41. The van der Waals surface area contributed by atoms with Crippen LogP contribution in [-0.4, -0.2) is 19.5 Å². The molecule has 1 atom stereocenters. The van der Waals surface area contributed by atoms with E-state index in [-0.39, 0.29) is 13.2 Å². The number of nitrogens with zero attached hydrogens (tertiary/aromatic N) is 1. The van der Waals surface area contributed by atoms with Crippen LogP contribution in [0.1, 0.15) is 0 Å². The van der Waals surface area contributed by atoms with Gasteiger partial charge in [-0.2, -0.15) is 5.26 Å². The Morgan fingerprint density at radius 2 is 1.91 bits per heavy atom. The van der Waals surface area contributed by atoms with Crippen molar-refractivity contribution in [3.63, 3.8) is 0 Å². The number of nitriles is 1. The molecule has 0 saturated carbocycles. The van der Waals surface area contributed by atoms with Gasteiger partial charge in [0.05, 0.1) is 6.07 Å². The van der Waals surface area contributed by atoms with Crippen molar-refractivity contribution in [2.45, 2.75) is 6.29 Å². The van der Waals surface area contributed by atoms with Crippen molar-refractivity contribution in [2.75, 3.05) is 13.2 Å². The molecule has 0 saturated heterocycles. The maximum absolute atomic E-state index is 8.10. The lowest BCUT2D eigenvalue weighted by atomic mass is 10.6. The average Bonchev–Trinajstić information content (AvgIpc) is 2.05. The molecule has 0 amide bonds. The van der Waals surface area contributed by atoms with Crippen LogP contribution in [0, 0.1) is 36.0 Å². The van der Waals surface area contributed by atoms with Gasteiger partial charge in [-0.05, 0) is 5.92 Å². The van der Waals surface area contributed by atoms with Crippen LogP contribution >= 0.6 is 0 Å². The van der Waals surface area contributed by atoms with Gasteiger partial charge in [0.1, 0.15) is 13.2 Å². The van der Waals surface area contributed by atoms with Crippen molar-refractivity contribution < 1.29 is 9.47 Å². The predicted octanol–water partition coefficient (Wildman–Crippen LogP) is 0.136. The zero-order valence-corrected chi connectivity index (χ0v) is 5.91. The molecule has 3 heteroatoms. The van der Waals surface area contributed by atoms with Gasteiger partial charge < -0.3 is 9.47 Å². The minimum atomic E-state index is -0.814. The molecule has 0 fully saturated rings. The standard InChI is InChI=1S/C8H7NO2/c1-3-6-10-8(4-2)11-7-5-9/h1-2,8H,6-7H2. The molecule has 0 aliphatic heterocycles. The minimum absolute atomic E-state index is 0.0836. The maximum Gasteiger partial charge on any atom is 0.224 e. The molecule has 3 nitrogen and oxygen atoms in total. The lowest BCUT2D eigenvalue weighted by Crippen LogP contribution is -2.15. The van der Waals surface area contributed by atoms with Gasteiger partial charge in [-0.3, -0.25) is 0 Å². The van der Waals surface area contributed by atoms with E-state index in [1.807, 2.05) is 0 Å². The Morgan fingerprint density at radius 1 is 1.27 bits per heavy atom. The molecule has 0 bridgehead atoms. The number of rotatable bonds is 4. The second-order valence-electron chi connectivity index (χ2n) is 1.48. The predicted molar refractivity (Wildman–Crippen MR) is 39.0 cm³/mol. The third kappa shape index (κ3) is 5.00. The molecule has 0 aromatic rings. The Morgan fingerprint density at radius 3 is 2.36 bits per heavy atom. The zero-order valence-electron chi connectivity index (χ0n) is 5.91. The molecule has 0 radical (unpaired) electrons. The summed E-state index contributed by atoms with van der Waals surface area (Å²) in [5, 5.41) is 8.10. The van der Waals surface area contributed by atoms with E-state index in [2.05, 4.69) is 11.8 Å². The Labute approximate surface area is 65.9 Å². The van der Waals surface area contributed by atoms with E-state index in [1.54, 1.807) is 6.07 Å². The summed E-state index contributed by atoms with van der Waals surface area (Å²) < 4.78 is 9.52. The van der Waals surface area contributed by atoms with Gasteiger partial charge in [-0.25, -0.2) is 0 Å². The molecule has 0 aliphatic rings. The molecule has 11 heavy (non-hydrogen) atoms. The van der Waals surface area contributed by atoms with E-state index in [9.17, 15) is 0 Å². The molecule has 0 rings (SSSR count). The lowest BCUT2D eigenvalue weighted by Gasteiger charge is -2.07. The van der Waals surface area contributed by atoms with E-state index in [0.29, 0.717) is 0 Å². The molecule has 0 N–H and O–H groups in total. The van der Waals surface area contributed by atoms with E-state index in [1.165, 1.54) is 0 Å². The summed E-state index contributed by atoms with van der Waals surface area (Å²) in [5.41, 5.74) is 0. The van der Waals surface area contributed by atoms with Crippen LogP contribution in [0.15, 0.2) is 0 Å². The summed E-state index contributed by atoms with van der Waals surface area (Å²) in [6.45, 7) is -0.0142. The normalized spacial score (nSPS) is 10.6. The molecule has 0 aromatic heterocycles. The Bertz CT molecular complexity index is 198. The number of hydrogen-bond acceptors (Lipinski definition) is 3. The van der Waals surface area contributed by atoms with Crippen molar-refractivity contribution in [3.8, 4) is 30.8 Å². The molecule has 0 aliphatic carbocycles. The van der Waals surface area contributed by atoms with Gasteiger partial charge in [0.25, 0.3) is 0 Å². The van der Waals surface area contributed by atoms with E-state index in [0.717, 1.165) is 0 Å². The highest BCUT2D eigenvalue weighted by atomic mass is 16.7. The van der Waals surface area contributed by atoms with Crippen molar-refractivity contribution >= 4 is 0 Å². The minimum Gasteiger partial charge on any atom is -0.329 e. The van der Waals surface area contributed by atoms with Crippen LogP contribution in [0.25, 0.3) is 0 Å². The molecule has 0 heterocycles. The van der Waals surface area contributed by atoms with Gasteiger partial charge in [0, 0.05) is 0 Å². The van der Waals surface area contributed by atoms with Gasteiger partial charge in [0.2, 0.25) is 6.29 Å². The lowest BCUT2D eigenvalue weighted by molar-refractivity contribution is -0.0838. The fraction of sp³-hybridized carbons (Fsp3) is 0.375. The van der Waals surface area contributed by atoms with Crippen molar-refractivity contribution in [1.29, 1.82) is 5.26 Å². The fourth-order valence-electron chi connectivity index (χ4n) is 0.381. The number of ether oxygens (including phenoxy) is 2. The van der Waals surface area contributed by atoms with Crippen LogP contribution in [0.3, 0.4) is 0 Å². The smallest absolute Gasteiger partial charge is 0.224 e. The first-order valence-electron chi connectivity index (χ1n) is 2.85. The zero-order chi connectivity index (χ0) is 8.53. The average molecular weight is 149 g/mol. The Hall–Kier alpha value is -1.47. The fourth-order valence-corrected chi connectivity index (χ4v) is 0.381. The Balaban J connectivity index is 3.55. The SMILES string of the molecule is C#CCOC(C#C)OCC#N. The monoisotopic (exact) mass is 149 g/mol. The van der Waals surface area contributed by atoms with Gasteiger partial charge in [-0.1, -0.05) is 5.92 Å². The molecule has 0 spiro atoms. The topological polar surface area (TPSA) is 42.2 Å². The van der Waals surface area contributed by atoms with Crippen LogP contribution in [0.4, 0.5) is 0 Å². The highest BCUT2D eigenvalue weighted by molar-refractivity contribution is 4.92. The number of terminal acetylenes is 2. The summed E-state index contributed by atoms with van der Waals surface area (Å²) in [7, 11) is 0. The van der Waals surface area contributed by atoms with Gasteiger partial charge in [0.15, 0.2) is 0 Å². The van der Waals surface area contributed by atoms with Crippen LogP contribution in [0.5, 0.6) is 0 Å². The number of hydrogen-bond donors (Lipinski definition) is 0. The molecular weight excluding hydrogens is 142 g/mol. The molecule has 1 unspecified atom stereocenters. The summed E-state index contributed by atoms with van der Waals surface area (Å²) in [6, 6.07) is 1.76. The summed E-state index contributed by atoms with van der Waals surface area (Å²) >= 11 is 0. The molecule has 56 valence electrons. The Kier molecular flexibility index (Phi) is 5.76. The highest BCUT2D eigenvalue weighted by Gasteiger charge is 2.01. The van der Waals surface area contributed by atoms with E-state index >= 15 is 0 Å². The van der Waals surface area contributed by atoms with Crippen LogP contribution < -0.4 is 0 Å². The molecular formula is C8H7NO2. The molecule has 0 aromatic carbocycles. The third-order valence-corrected chi connectivity index (χ3v) is 0.753. The maximum atomic E-state index is 8.10. The van der Waals surface area contributed by atoms with Crippen LogP contribution in [-0.2, 0) is 9.47 Å². The van der Waals surface area contributed by atoms with E-state index < -0.39 is 6.29 Å². The van der Waals surface area contributed by atoms with Gasteiger partial charge >= 0.3 is 0 Å². The van der Waals surface area contributed by atoms with E-state index in [4.69, 9.17) is 27.6 Å². The summed E-state index contributed by atoms with van der Waals surface area (Å²) in [6.07, 6.45) is 9.06. The third-order valence-electron chi connectivity index (χ3n) is 0.753. The first-order valence-corrected chi connectivity index (χ1v) is 2.85. The van der Waals surface area contributed by atoms with Crippen LogP contribution in [0.2, 0.25) is 0 Å². The van der Waals surface area contributed by atoms with Crippen molar-refractivity contribution in [3.05, 3.63) is 0 Å². The first kappa shape index (κ1) is 9.53. The second kappa shape index (κ2) is 6.65. The quantitative estimate of drug-likeness (QED) is 0.421.